The van der Waals surface area contributed by atoms with Gasteiger partial charge in [0.25, 0.3) is 5.91 Å². The molecule has 0 aliphatic rings. The number of furan rings is 1. The molecule has 1 heterocycles. The number of nitrogens with one attached hydrogen (secondary N) is 1. The molecular formula is C17H21NO2. The van der Waals surface area contributed by atoms with Gasteiger partial charge in [0.1, 0.15) is 5.76 Å². The van der Waals surface area contributed by atoms with Crippen molar-refractivity contribution >= 4 is 5.91 Å². The van der Waals surface area contributed by atoms with Crippen molar-refractivity contribution in [3.05, 3.63) is 59.0 Å². The normalized spacial score (nSPS) is 12.2. The number of hydrogen-bond acceptors (Lipinski definition) is 2. The van der Waals surface area contributed by atoms with Crippen molar-refractivity contribution in [3.8, 4) is 0 Å². The van der Waals surface area contributed by atoms with E-state index in [9.17, 15) is 4.79 Å². The number of amides is 1. The van der Waals surface area contributed by atoms with Gasteiger partial charge in [-0.15, -0.1) is 0 Å². The first-order valence-electron chi connectivity index (χ1n) is 6.97. The third-order valence-electron chi connectivity index (χ3n) is 3.41. The monoisotopic (exact) mass is 271 g/mol. The third-order valence-corrected chi connectivity index (χ3v) is 3.41. The van der Waals surface area contributed by atoms with Gasteiger partial charge in [-0.2, -0.15) is 0 Å². The van der Waals surface area contributed by atoms with E-state index in [0.717, 1.165) is 29.7 Å². The Bertz CT molecular complexity index is 573. The van der Waals surface area contributed by atoms with Crippen LogP contribution in [0.3, 0.4) is 0 Å². The Morgan fingerprint density at radius 3 is 2.75 bits per heavy atom. The third kappa shape index (κ3) is 3.73. The first-order valence-corrected chi connectivity index (χ1v) is 6.97. The highest BCUT2D eigenvalue weighted by molar-refractivity contribution is 5.95. The molecule has 1 aromatic carbocycles. The molecule has 106 valence electrons. The Balaban J connectivity index is 1.90. The minimum atomic E-state index is -0.00514. The maximum atomic E-state index is 12.2. The number of rotatable bonds is 5. The summed E-state index contributed by atoms with van der Waals surface area (Å²) >= 11 is 0. The van der Waals surface area contributed by atoms with Crippen molar-refractivity contribution in [1.82, 2.24) is 5.32 Å². The van der Waals surface area contributed by atoms with Crippen LogP contribution in [-0.2, 0) is 6.42 Å². The van der Waals surface area contributed by atoms with Gasteiger partial charge >= 0.3 is 0 Å². The van der Waals surface area contributed by atoms with Crippen LogP contribution >= 0.6 is 0 Å². The zero-order valence-electron chi connectivity index (χ0n) is 12.3. The second kappa shape index (κ2) is 6.42. The summed E-state index contributed by atoms with van der Waals surface area (Å²) in [7, 11) is 0. The lowest BCUT2D eigenvalue weighted by Crippen LogP contribution is -2.33. The zero-order valence-corrected chi connectivity index (χ0v) is 12.3. The molecule has 0 aliphatic heterocycles. The van der Waals surface area contributed by atoms with Crippen molar-refractivity contribution in [2.75, 3.05) is 0 Å². The van der Waals surface area contributed by atoms with Gasteiger partial charge < -0.3 is 9.73 Å². The van der Waals surface area contributed by atoms with Crippen LogP contribution in [0.2, 0.25) is 0 Å². The Morgan fingerprint density at radius 2 is 2.10 bits per heavy atom. The van der Waals surface area contributed by atoms with Gasteiger partial charge in [-0.3, -0.25) is 4.79 Å². The highest BCUT2D eigenvalue weighted by Crippen LogP contribution is 2.11. The molecule has 1 N–H and O–H groups in total. The number of hydrogen-bond donors (Lipinski definition) is 1. The standard InChI is InChI=1S/C17H21NO2/c1-12-6-9-16(13(2)11-12)17(19)18-14(3)7-8-15-5-4-10-20-15/h4-6,9-11,14H,7-8H2,1-3H3,(H,18,19). The predicted octanol–water partition coefficient (Wildman–Crippen LogP) is 3.65. The predicted molar refractivity (Wildman–Crippen MR) is 79.9 cm³/mol. The maximum absolute atomic E-state index is 12.2. The van der Waals surface area contributed by atoms with Crippen LogP contribution in [0.25, 0.3) is 0 Å². The molecule has 0 bridgehead atoms. The minimum Gasteiger partial charge on any atom is -0.469 e. The van der Waals surface area contributed by atoms with Gasteiger partial charge in [-0.05, 0) is 51.0 Å². The fraction of sp³-hybridized carbons (Fsp3) is 0.353. The van der Waals surface area contributed by atoms with E-state index in [1.165, 1.54) is 5.56 Å². The van der Waals surface area contributed by atoms with Gasteiger partial charge in [-0.25, -0.2) is 0 Å². The van der Waals surface area contributed by atoms with Crippen molar-refractivity contribution in [1.29, 1.82) is 0 Å². The summed E-state index contributed by atoms with van der Waals surface area (Å²) in [5.41, 5.74) is 2.94. The van der Waals surface area contributed by atoms with E-state index in [1.807, 2.05) is 51.1 Å². The first-order chi connectivity index (χ1) is 9.56. The largest absolute Gasteiger partial charge is 0.469 e. The highest BCUT2D eigenvalue weighted by Gasteiger charge is 2.12. The lowest BCUT2D eigenvalue weighted by molar-refractivity contribution is 0.0937. The molecule has 0 saturated heterocycles. The summed E-state index contributed by atoms with van der Waals surface area (Å²) < 4.78 is 5.29. The van der Waals surface area contributed by atoms with E-state index in [2.05, 4.69) is 5.32 Å². The molecule has 1 atom stereocenters. The van der Waals surface area contributed by atoms with Crippen molar-refractivity contribution in [2.24, 2.45) is 0 Å². The SMILES string of the molecule is Cc1ccc(C(=O)NC(C)CCc2ccco2)c(C)c1. The lowest BCUT2D eigenvalue weighted by Gasteiger charge is -2.14. The quantitative estimate of drug-likeness (QED) is 0.902. The molecule has 0 fully saturated rings. The van der Waals surface area contributed by atoms with Gasteiger partial charge in [0.2, 0.25) is 0 Å². The first kappa shape index (κ1) is 14.4. The molecule has 1 amide bonds. The molecule has 20 heavy (non-hydrogen) atoms. The van der Waals surface area contributed by atoms with E-state index < -0.39 is 0 Å². The molecule has 0 saturated carbocycles. The average Bonchev–Trinajstić information content (AvgIpc) is 2.89. The van der Waals surface area contributed by atoms with Gasteiger partial charge in [0, 0.05) is 18.0 Å². The molecule has 1 unspecified atom stereocenters. The van der Waals surface area contributed by atoms with E-state index in [4.69, 9.17) is 4.42 Å². The Morgan fingerprint density at radius 1 is 1.30 bits per heavy atom. The summed E-state index contributed by atoms with van der Waals surface area (Å²) in [5.74, 6) is 0.951. The maximum Gasteiger partial charge on any atom is 0.251 e. The van der Waals surface area contributed by atoms with Crippen LogP contribution in [0.5, 0.6) is 0 Å². The minimum absolute atomic E-state index is 0.00514. The van der Waals surface area contributed by atoms with Crippen LogP contribution in [-0.4, -0.2) is 11.9 Å². The van der Waals surface area contributed by atoms with E-state index in [-0.39, 0.29) is 11.9 Å². The van der Waals surface area contributed by atoms with Crippen molar-refractivity contribution in [3.63, 3.8) is 0 Å². The molecule has 3 nitrogen and oxygen atoms in total. The zero-order chi connectivity index (χ0) is 14.5. The Kier molecular flexibility index (Phi) is 4.61. The van der Waals surface area contributed by atoms with Crippen LogP contribution in [0.15, 0.2) is 41.0 Å². The Hall–Kier alpha value is -2.03. The fourth-order valence-electron chi connectivity index (χ4n) is 2.26. The topological polar surface area (TPSA) is 42.2 Å². The number of carbonyl (C=O) groups is 1. The molecule has 0 spiro atoms. The molecule has 3 heteroatoms. The van der Waals surface area contributed by atoms with Crippen LogP contribution in [0.4, 0.5) is 0 Å². The molecule has 2 aromatic rings. The van der Waals surface area contributed by atoms with Crippen LogP contribution in [0, 0.1) is 13.8 Å². The number of carbonyl (C=O) groups excluding carboxylic acids is 1. The van der Waals surface area contributed by atoms with Crippen molar-refractivity contribution in [2.45, 2.75) is 39.7 Å². The number of benzene rings is 1. The van der Waals surface area contributed by atoms with E-state index >= 15 is 0 Å². The fourth-order valence-corrected chi connectivity index (χ4v) is 2.26. The second-order valence-corrected chi connectivity index (χ2v) is 5.31. The van der Waals surface area contributed by atoms with Crippen LogP contribution in [0.1, 0.15) is 40.6 Å². The average molecular weight is 271 g/mol. The summed E-state index contributed by atoms with van der Waals surface area (Å²) in [5, 5.41) is 3.04. The molecule has 0 radical (unpaired) electrons. The van der Waals surface area contributed by atoms with Crippen molar-refractivity contribution < 1.29 is 9.21 Å². The van der Waals surface area contributed by atoms with Crippen LogP contribution < -0.4 is 5.32 Å². The van der Waals surface area contributed by atoms with Gasteiger partial charge in [0.15, 0.2) is 0 Å². The molecule has 0 aliphatic carbocycles. The number of aryl methyl sites for hydroxylation is 3. The Labute approximate surface area is 120 Å². The van der Waals surface area contributed by atoms with E-state index in [1.54, 1.807) is 6.26 Å². The van der Waals surface area contributed by atoms with Gasteiger partial charge in [-0.1, -0.05) is 17.7 Å². The molecule has 1 aromatic heterocycles. The summed E-state index contributed by atoms with van der Waals surface area (Å²) in [4.78, 5) is 12.2. The lowest BCUT2D eigenvalue weighted by atomic mass is 10.0. The van der Waals surface area contributed by atoms with E-state index in [0.29, 0.717) is 0 Å². The summed E-state index contributed by atoms with van der Waals surface area (Å²) in [6, 6.07) is 9.85. The smallest absolute Gasteiger partial charge is 0.251 e. The summed E-state index contributed by atoms with van der Waals surface area (Å²) in [6.07, 6.45) is 3.37. The second-order valence-electron chi connectivity index (χ2n) is 5.31. The highest BCUT2D eigenvalue weighted by atomic mass is 16.3. The summed E-state index contributed by atoms with van der Waals surface area (Å²) in [6.45, 7) is 6.01. The molecular weight excluding hydrogens is 250 g/mol. The van der Waals surface area contributed by atoms with Gasteiger partial charge in [0.05, 0.1) is 6.26 Å². The molecule has 2 rings (SSSR count).